The van der Waals surface area contributed by atoms with E-state index in [9.17, 15) is 4.79 Å². The van der Waals surface area contributed by atoms with Crippen LogP contribution in [0, 0.1) is 31.6 Å². The molecule has 5 rings (SSSR count). The second-order valence-electron chi connectivity index (χ2n) is 8.89. The molecule has 25 heavy (non-hydrogen) atoms. The number of thioether (sulfide) groups is 1. The van der Waals surface area contributed by atoms with Crippen LogP contribution in [0.1, 0.15) is 68.4 Å². The average molecular weight is 362 g/mol. The molecule has 4 aliphatic rings. The summed E-state index contributed by atoms with van der Waals surface area (Å²) in [5.41, 5.74) is 3.32. The van der Waals surface area contributed by atoms with Gasteiger partial charge in [0.2, 0.25) is 5.91 Å². The molecule has 1 amide bonds. The van der Waals surface area contributed by atoms with Gasteiger partial charge in [0.15, 0.2) is 0 Å². The van der Waals surface area contributed by atoms with Gasteiger partial charge in [-0.25, -0.2) is 0 Å². The van der Waals surface area contributed by atoms with E-state index in [0.717, 1.165) is 34.7 Å². The number of carbonyl (C=O) groups excluding carboxylic acids is 1. The van der Waals surface area contributed by atoms with Gasteiger partial charge in [0.1, 0.15) is 0 Å². The van der Waals surface area contributed by atoms with Crippen molar-refractivity contribution < 1.29 is 4.79 Å². The van der Waals surface area contributed by atoms with Crippen LogP contribution in [0.4, 0.5) is 0 Å². The summed E-state index contributed by atoms with van der Waals surface area (Å²) in [4.78, 5) is 12.6. The summed E-state index contributed by atoms with van der Waals surface area (Å²) in [5.74, 6) is 3.62. The largest absolute Gasteiger partial charge is 0.349 e. The van der Waals surface area contributed by atoms with Crippen LogP contribution in [0.25, 0.3) is 0 Å². The van der Waals surface area contributed by atoms with E-state index in [0.29, 0.717) is 10.5 Å². The number of aromatic nitrogens is 2. The van der Waals surface area contributed by atoms with Crippen molar-refractivity contribution >= 4 is 17.7 Å². The normalized spacial score (nSPS) is 34.3. The van der Waals surface area contributed by atoms with Crippen molar-refractivity contribution in [3.63, 3.8) is 0 Å². The lowest BCUT2D eigenvalue weighted by atomic mass is 9.56. The molecule has 1 aromatic rings. The molecule has 138 valence electrons. The van der Waals surface area contributed by atoms with Crippen LogP contribution in [-0.4, -0.2) is 26.2 Å². The van der Waals surface area contributed by atoms with E-state index in [2.05, 4.69) is 24.3 Å². The molecule has 4 nitrogen and oxygen atoms in total. The molecule has 0 aromatic carbocycles. The van der Waals surface area contributed by atoms with E-state index in [4.69, 9.17) is 0 Å². The standard InChI is InChI=1S/C20H31N3OS/c1-12(19-13(2)22-23(4)14(19)3)21-18(24)11-25-20-8-15-5-16(9-20)7-17(6-15)10-20/h12,15-17H,5-11H2,1-4H3,(H,21,24). The van der Waals surface area contributed by atoms with E-state index in [1.807, 2.05) is 30.4 Å². The van der Waals surface area contributed by atoms with Gasteiger partial charge in [-0.1, -0.05) is 0 Å². The van der Waals surface area contributed by atoms with Crippen molar-refractivity contribution in [1.82, 2.24) is 15.1 Å². The first-order valence-electron chi connectivity index (χ1n) is 9.78. The van der Waals surface area contributed by atoms with E-state index in [1.54, 1.807) is 0 Å². The average Bonchev–Trinajstić information content (AvgIpc) is 2.77. The van der Waals surface area contributed by atoms with E-state index in [1.165, 1.54) is 38.5 Å². The lowest BCUT2D eigenvalue weighted by molar-refractivity contribution is -0.119. The molecule has 4 saturated carbocycles. The Morgan fingerprint density at radius 2 is 1.80 bits per heavy atom. The highest BCUT2D eigenvalue weighted by atomic mass is 32.2. The smallest absolute Gasteiger partial charge is 0.230 e. The molecule has 4 fully saturated rings. The second-order valence-corrected chi connectivity index (χ2v) is 10.3. The van der Waals surface area contributed by atoms with Crippen molar-refractivity contribution in [2.45, 2.75) is 70.1 Å². The zero-order valence-corrected chi connectivity index (χ0v) is 16.8. The minimum Gasteiger partial charge on any atom is -0.349 e. The number of aryl methyl sites for hydroxylation is 2. The molecular weight excluding hydrogens is 330 g/mol. The van der Waals surface area contributed by atoms with Crippen LogP contribution in [0.3, 0.4) is 0 Å². The quantitative estimate of drug-likeness (QED) is 0.865. The number of rotatable bonds is 5. The van der Waals surface area contributed by atoms with Gasteiger partial charge in [0.05, 0.1) is 17.5 Å². The Kier molecular flexibility index (Phi) is 4.41. The van der Waals surface area contributed by atoms with E-state index >= 15 is 0 Å². The highest BCUT2D eigenvalue weighted by Gasteiger charge is 2.51. The summed E-state index contributed by atoms with van der Waals surface area (Å²) in [6.45, 7) is 6.17. The molecule has 4 aliphatic carbocycles. The fourth-order valence-corrected chi connectivity index (χ4v) is 7.78. The minimum atomic E-state index is 0.0261. The van der Waals surface area contributed by atoms with Gasteiger partial charge < -0.3 is 5.32 Å². The Balaban J connectivity index is 1.35. The molecule has 1 atom stereocenters. The number of hydrogen-bond donors (Lipinski definition) is 1. The maximum absolute atomic E-state index is 12.6. The molecule has 5 heteroatoms. The van der Waals surface area contributed by atoms with Gasteiger partial charge in [-0.3, -0.25) is 9.48 Å². The summed E-state index contributed by atoms with van der Waals surface area (Å²) in [5, 5.41) is 7.68. The summed E-state index contributed by atoms with van der Waals surface area (Å²) in [6, 6.07) is 0.0261. The minimum absolute atomic E-state index is 0.0261. The van der Waals surface area contributed by atoms with Crippen molar-refractivity contribution in [3.8, 4) is 0 Å². The molecule has 0 radical (unpaired) electrons. The van der Waals surface area contributed by atoms with Crippen molar-refractivity contribution in [2.75, 3.05) is 5.75 Å². The predicted molar refractivity (Wildman–Crippen MR) is 103 cm³/mol. The topological polar surface area (TPSA) is 46.9 Å². The van der Waals surface area contributed by atoms with Crippen molar-refractivity contribution in [1.29, 1.82) is 0 Å². The third-order valence-electron chi connectivity index (χ3n) is 6.87. The van der Waals surface area contributed by atoms with Crippen LogP contribution < -0.4 is 5.32 Å². The summed E-state index contributed by atoms with van der Waals surface area (Å²) in [6.07, 6.45) is 8.45. The van der Waals surface area contributed by atoms with Crippen LogP contribution >= 0.6 is 11.8 Å². The van der Waals surface area contributed by atoms with Crippen LogP contribution in [-0.2, 0) is 11.8 Å². The maximum atomic E-state index is 12.6. The van der Waals surface area contributed by atoms with Crippen molar-refractivity contribution in [3.05, 3.63) is 17.0 Å². The molecular formula is C20H31N3OS. The maximum Gasteiger partial charge on any atom is 0.230 e. The number of nitrogens with one attached hydrogen (secondary N) is 1. The van der Waals surface area contributed by atoms with E-state index < -0.39 is 0 Å². The summed E-state index contributed by atoms with van der Waals surface area (Å²) < 4.78 is 2.31. The lowest BCUT2D eigenvalue weighted by Gasteiger charge is -2.56. The molecule has 0 spiro atoms. The van der Waals surface area contributed by atoms with Gasteiger partial charge in [0.25, 0.3) is 0 Å². The van der Waals surface area contributed by atoms with Gasteiger partial charge in [-0.15, -0.1) is 11.8 Å². The van der Waals surface area contributed by atoms with Gasteiger partial charge >= 0.3 is 0 Å². The highest BCUT2D eigenvalue weighted by Crippen LogP contribution is 2.60. The highest BCUT2D eigenvalue weighted by molar-refractivity contribution is 8.01. The molecule has 0 saturated heterocycles. The summed E-state index contributed by atoms with van der Waals surface area (Å²) >= 11 is 1.96. The van der Waals surface area contributed by atoms with Crippen molar-refractivity contribution in [2.24, 2.45) is 24.8 Å². The van der Waals surface area contributed by atoms with Gasteiger partial charge in [0, 0.05) is 23.1 Å². The SMILES string of the molecule is Cc1nn(C)c(C)c1C(C)NC(=O)CSC12CC3CC(CC(C3)C1)C2. The van der Waals surface area contributed by atoms with Gasteiger partial charge in [-0.2, -0.15) is 5.10 Å². The lowest BCUT2D eigenvalue weighted by Crippen LogP contribution is -2.49. The first-order valence-corrected chi connectivity index (χ1v) is 10.8. The Bertz CT molecular complexity index is 645. The first-order chi connectivity index (χ1) is 11.8. The fraction of sp³-hybridized carbons (Fsp3) is 0.800. The summed E-state index contributed by atoms with van der Waals surface area (Å²) in [7, 11) is 1.96. The Morgan fingerprint density at radius 1 is 1.24 bits per heavy atom. The fourth-order valence-electron chi connectivity index (χ4n) is 6.20. The van der Waals surface area contributed by atoms with Crippen LogP contribution in [0.15, 0.2) is 0 Å². The molecule has 4 bridgehead atoms. The zero-order chi connectivity index (χ0) is 17.8. The van der Waals surface area contributed by atoms with E-state index in [-0.39, 0.29) is 11.9 Å². The molecule has 1 N–H and O–H groups in total. The Hall–Kier alpha value is -0.970. The molecule has 1 unspecified atom stereocenters. The number of carbonyl (C=O) groups is 1. The third kappa shape index (κ3) is 3.24. The predicted octanol–water partition coefficient (Wildman–Crippen LogP) is 3.92. The molecule has 0 aliphatic heterocycles. The Labute approximate surface area is 155 Å². The second kappa shape index (κ2) is 6.33. The number of hydrogen-bond acceptors (Lipinski definition) is 3. The Morgan fingerprint density at radius 3 is 2.28 bits per heavy atom. The zero-order valence-electron chi connectivity index (χ0n) is 16.0. The van der Waals surface area contributed by atoms with Crippen LogP contribution in [0.5, 0.6) is 0 Å². The first kappa shape index (κ1) is 17.4. The number of nitrogens with zero attached hydrogens (tertiary/aromatic N) is 2. The molecule has 1 aromatic heterocycles. The third-order valence-corrected chi connectivity index (χ3v) is 8.39. The van der Waals surface area contributed by atoms with Gasteiger partial charge in [-0.05, 0) is 77.0 Å². The van der Waals surface area contributed by atoms with Crippen LogP contribution in [0.2, 0.25) is 0 Å². The number of amides is 1. The monoisotopic (exact) mass is 361 g/mol. The molecule has 1 heterocycles.